The highest BCUT2D eigenvalue weighted by Gasteiger charge is 2.41. The van der Waals surface area contributed by atoms with Gasteiger partial charge in [-0.25, -0.2) is 4.79 Å². The van der Waals surface area contributed by atoms with Crippen LogP contribution in [0.3, 0.4) is 0 Å². The van der Waals surface area contributed by atoms with E-state index < -0.39 is 23.7 Å². The lowest BCUT2D eigenvalue weighted by atomic mass is 9.78. The van der Waals surface area contributed by atoms with Crippen LogP contribution in [0.1, 0.15) is 63.5 Å². The van der Waals surface area contributed by atoms with Gasteiger partial charge < -0.3 is 9.47 Å². The van der Waals surface area contributed by atoms with Crippen LogP contribution in [0.4, 0.5) is 13.2 Å². The van der Waals surface area contributed by atoms with Gasteiger partial charge in [0.2, 0.25) is 0 Å². The van der Waals surface area contributed by atoms with Crippen molar-refractivity contribution in [1.82, 2.24) is 0 Å². The minimum Gasteiger partial charge on any atom is -0.481 e. The van der Waals surface area contributed by atoms with Gasteiger partial charge in [0.15, 0.2) is 6.61 Å². The molecule has 0 unspecified atom stereocenters. The molecule has 0 amide bonds. The van der Waals surface area contributed by atoms with Gasteiger partial charge in [-0.05, 0) is 70.4 Å². The minimum absolute atomic E-state index is 0.0159. The van der Waals surface area contributed by atoms with E-state index in [0.29, 0.717) is 18.6 Å². The molecule has 1 aromatic rings. The Hall–Kier alpha value is -1.72. The number of para-hydroxylation sites is 1. The van der Waals surface area contributed by atoms with E-state index >= 15 is 0 Å². The summed E-state index contributed by atoms with van der Waals surface area (Å²) in [5.74, 6) is -1.07. The first kappa shape index (κ1) is 20.6. The number of aryl methyl sites for hydroxylation is 1. The number of rotatable bonds is 4. The standard InChI is InChI=1S/C20H27F3O3/c1-13-6-5-7-16(14-8-10-15(11-9-14)20(21,22)23)18(13)25-12-17(24)26-19(2,3)4/h5-7,14-15H,8-12H2,1-4H3. The second-order valence-corrected chi connectivity index (χ2v) is 7.96. The number of halogens is 3. The van der Waals surface area contributed by atoms with Crippen LogP contribution >= 0.6 is 0 Å². The summed E-state index contributed by atoms with van der Waals surface area (Å²) in [5, 5.41) is 0. The third kappa shape index (κ3) is 5.64. The molecule has 1 aromatic carbocycles. The first-order valence-electron chi connectivity index (χ1n) is 8.98. The normalized spacial score (nSPS) is 21.3. The number of carbonyl (C=O) groups excluding carboxylic acids is 1. The number of alkyl halides is 3. The van der Waals surface area contributed by atoms with Crippen molar-refractivity contribution in [3.63, 3.8) is 0 Å². The molecule has 6 heteroatoms. The van der Waals surface area contributed by atoms with Crippen molar-refractivity contribution < 1.29 is 27.4 Å². The summed E-state index contributed by atoms with van der Waals surface area (Å²) in [5.41, 5.74) is 1.16. The Morgan fingerprint density at radius 1 is 1.12 bits per heavy atom. The summed E-state index contributed by atoms with van der Waals surface area (Å²) in [7, 11) is 0. The van der Waals surface area contributed by atoms with Gasteiger partial charge in [0.25, 0.3) is 0 Å². The van der Waals surface area contributed by atoms with Crippen LogP contribution in [0.15, 0.2) is 18.2 Å². The highest BCUT2D eigenvalue weighted by atomic mass is 19.4. The third-order valence-corrected chi connectivity index (χ3v) is 4.63. The summed E-state index contributed by atoms with van der Waals surface area (Å²) in [6, 6.07) is 5.63. The number of hydrogen-bond donors (Lipinski definition) is 0. The number of carbonyl (C=O) groups is 1. The fourth-order valence-corrected chi connectivity index (χ4v) is 3.43. The number of hydrogen-bond acceptors (Lipinski definition) is 3. The van der Waals surface area contributed by atoms with Crippen molar-refractivity contribution in [3.8, 4) is 5.75 Å². The van der Waals surface area contributed by atoms with Crippen LogP contribution in [0.25, 0.3) is 0 Å². The second-order valence-electron chi connectivity index (χ2n) is 7.96. The smallest absolute Gasteiger partial charge is 0.391 e. The van der Waals surface area contributed by atoms with Gasteiger partial charge in [-0.3, -0.25) is 0 Å². The maximum atomic E-state index is 12.9. The zero-order valence-corrected chi connectivity index (χ0v) is 15.8. The zero-order valence-electron chi connectivity index (χ0n) is 15.8. The summed E-state index contributed by atoms with van der Waals surface area (Å²) in [6.45, 7) is 7.00. The van der Waals surface area contributed by atoms with Gasteiger partial charge in [0, 0.05) is 0 Å². The predicted octanol–water partition coefficient (Wildman–Crippen LogP) is 5.55. The lowest BCUT2D eigenvalue weighted by Crippen LogP contribution is -2.28. The lowest BCUT2D eigenvalue weighted by molar-refractivity contribution is -0.182. The van der Waals surface area contributed by atoms with E-state index in [1.165, 1.54) is 0 Å². The van der Waals surface area contributed by atoms with E-state index in [9.17, 15) is 18.0 Å². The molecule has 3 nitrogen and oxygen atoms in total. The average Bonchev–Trinajstić information content (AvgIpc) is 2.51. The van der Waals surface area contributed by atoms with E-state index in [4.69, 9.17) is 9.47 Å². The molecule has 0 bridgehead atoms. The molecule has 2 rings (SSSR count). The number of ether oxygens (including phenoxy) is 2. The van der Waals surface area contributed by atoms with Crippen molar-refractivity contribution in [2.45, 2.75) is 71.1 Å². The Morgan fingerprint density at radius 3 is 2.27 bits per heavy atom. The molecule has 1 saturated carbocycles. The molecule has 0 saturated heterocycles. The Labute approximate surface area is 152 Å². The van der Waals surface area contributed by atoms with Gasteiger partial charge in [0.1, 0.15) is 11.4 Å². The van der Waals surface area contributed by atoms with Crippen LogP contribution in [0, 0.1) is 12.8 Å². The van der Waals surface area contributed by atoms with Crippen LogP contribution in [-0.4, -0.2) is 24.4 Å². The largest absolute Gasteiger partial charge is 0.481 e. The highest BCUT2D eigenvalue weighted by molar-refractivity contribution is 5.71. The summed E-state index contributed by atoms with van der Waals surface area (Å²) < 4.78 is 49.6. The minimum atomic E-state index is -4.12. The molecule has 0 atom stereocenters. The van der Waals surface area contributed by atoms with Gasteiger partial charge in [-0.15, -0.1) is 0 Å². The first-order chi connectivity index (χ1) is 12.0. The van der Waals surface area contributed by atoms with Gasteiger partial charge in [-0.2, -0.15) is 13.2 Å². The van der Waals surface area contributed by atoms with E-state index in [1.807, 2.05) is 25.1 Å². The summed E-state index contributed by atoms with van der Waals surface area (Å²) in [6.07, 6.45) is -2.91. The molecule has 0 N–H and O–H groups in total. The van der Waals surface area contributed by atoms with Crippen LogP contribution in [0.5, 0.6) is 5.75 Å². The topological polar surface area (TPSA) is 35.5 Å². The van der Waals surface area contributed by atoms with Crippen molar-refractivity contribution in [2.24, 2.45) is 5.92 Å². The van der Waals surface area contributed by atoms with Crippen molar-refractivity contribution in [3.05, 3.63) is 29.3 Å². The monoisotopic (exact) mass is 372 g/mol. The van der Waals surface area contributed by atoms with E-state index in [2.05, 4.69) is 0 Å². The first-order valence-corrected chi connectivity index (χ1v) is 8.98. The molecule has 0 spiro atoms. The maximum Gasteiger partial charge on any atom is 0.391 e. The molecule has 1 aliphatic carbocycles. The quantitative estimate of drug-likeness (QED) is 0.650. The Morgan fingerprint density at radius 2 is 1.73 bits per heavy atom. The van der Waals surface area contributed by atoms with E-state index in [-0.39, 0.29) is 25.4 Å². The molecule has 0 radical (unpaired) electrons. The average molecular weight is 372 g/mol. The fraction of sp³-hybridized carbons (Fsp3) is 0.650. The molecule has 0 heterocycles. The van der Waals surface area contributed by atoms with E-state index in [0.717, 1.165) is 11.1 Å². The van der Waals surface area contributed by atoms with Gasteiger partial charge in [-0.1, -0.05) is 18.2 Å². The van der Waals surface area contributed by atoms with E-state index in [1.54, 1.807) is 20.8 Å². The zero-order chi connectivity index (χ0) is 19.5. The highest BCUT2D eigenvalue weighted by Crippen LogP contribution is 2.45. The summed E-state index contributed by atoms with van der Waals surface area (Å²) in [4.78, 5) is 11.9. The molecular formula is C20H27F3O3. The Kier molecular flexibility index (Phi) is 6.25. The molecule has 26 heavy (non-hydrogen) atoms. The maximum absolute atomic E-state index is 12.9. The Bertz CT molecular complexity index is 624. The van der Waals surface area contributed by atoms with Crippen molar-refractivity contribution >= 4 is 5.97 Å². The molecule has 1 fully saturated rings. The van der Waals surface area contributed by atoms with Crippen LogP contribution in [-0.2, 0) is 9.53 Å². The molecule has 146 valence electrons. The van der Waals surface area contributed by atoms with Crippen molar-refractivity contribution in [1.29, 1.82) is 0 Å². The molecule has 0 aromatic heterocycles. The fourth-order valence-electron chi connectivity index (χ4n) is 3.43. The SMILES string of the molecule is Cc1cccc(C2CCC(C(F)(F)F)CC2)c1OCC(=O)OC(C)(C)C. The molecule has 0 aliphatic heterocycles. The Balaban J connectivity index is 2.07. The second kappa shape index (κ2) is 7.89. The van der Waals surface area contributed by atoms with Gasteiger partial charge in [0.05, 0.1) is 5.92 Å². The van der Waals surface area contributed by atoms with Crippen LogP contribution in [0.2, 0.25) is 0 Å². The lowest BCUT2D eigenvalue weighted by Gasteiger charge is -2.31. The molecule has 1 aliphatic rings. The van der Waals surface area contributed by atoms with Gasteiger partial charge >= 0.3 is 12.1 Å². The number of benzene rings is 1. The predicted molar refractivity (Wildman–Crippen MR) is 93.3 cm³/mol. The summed E-state index contributed by atoms with van der Waals surface area (Å²) >= 11 is 0. The third-order valence-electron chi connectivity index (χ3n) is 4.63. The molecular weight excluding hydrogens is 345 g/mol. The van der Waals surface area contributed by atoms with Crippen molar-refractivity contribution in [2.75, 3.05) is 6.61 Å². The van der Waals surface area contributed by atoms with Crippen LogP contribution < -0.4 is 4.74 Å². The number of esters is 1.